The number of anilines is 1. The molecule has 0 aromatic carbocycles. The van der Waals surface area contributed by atoms with Gasteiger partial charge in [0, 0.05) is 19.3 Å². The number of aromatic nitrogens is 1. The maximum Gasteiger partial charge on any atom is 0.171 e. The fourth-order valence-corrected chi connectivity index (χ4v) is 2.72. The summed E-state index contributed by atoms with van der Waals surface area (Å²) in [5.41, 5.74) is 0. The smallest absolute Gasteiger partial charge is 0.171 e. The molecule has 1 aliphatic heterocycles. The van der Waals surface area contributed by atoms with Crippen LogP contribution in [0.15, 0.2) is 18.3 Å². The molecule has 1 atom stereocenters. The number of pyridine rings is 1. The Kier molecular flexibility index (Phi) is 6.12. The SMILES string of the molecule is CCCOc1cccnc1N1CCCC(CNCC)C1. The van der Waals surface area contributed by atoms with Crippen molar-refractivity contribution >= 4 is 5.82 Å². The number of piperidine rings is 1. The standard InChI is InChI=1S/C16H27N3O/c1-3-11-20-15-8-5-9-18-16(15)19-10-6-7-14(13-19)12-17-4-2/h5,8-9,14,17H,3-4,6-7,10-13H2,1-2H3. The van der Waals surface area contributed by atoms with Gasteiger partial charge in [0.25, 0.3) is 0 Å². The van der Waals surface area contributed by atoms with Crippen molar-refractivity contribution in [2.75, 3.05) is 37.7 Å². The van der Waals surface area contributed by atoms with E-state index in [1.807, 2.05) is 18.3 Å². The average molecular weight is 277 g/mol. The summed E-state index contributed by atoms with van der Waals surface area (Å²) < 4.78 is 5.84. The van der Waals surface area contributed by atoms with Gasteiger partial charge in [0.1, 0.15) is 0 Å². The molecule has 0 aliphatic carbocycles. The molecule has 2 rings (SSSR count). The van der Waals surface area contributed by atoms with Gasteiger partial charge in [-0.2, -0.15) is 0 Å². The van der Waals surface area contributed by atoms with E-state index in [9.17, 15) is 0 Å². The quantitative estimate of drug-likeness (QED) is 0.831. The molecular formula is C16H27N3O. The molecule has 0 spiro atoms. The van der Waals surface area contributed by atoms with Crippen molar-refractivity contribution in [2.24, 2.45) is 5.92 Å². The number of nitrogens with one attached hydrogen (secondary N) is 1. The van der Waals surface area contributed by atoms with E-state index >= 15 is 0 Å². The van der Waals surface area contributed by atoms with Gasteiger partial charge in [0.2, 0.25) is 0 Å². The Balaban J connectivity index is 2.02. The first kappa shape index (κ1) is 15.1. The van der Waals surface area contributed by atoms with Crippen LogP contribution in [0.2, 0.25) is 0 Å². The predicted molar refractivity (Wildman–Crippen MR) is 83.5 cm³/mol. The van der Waals surface area contributed by atoms with Crippen molar-refractivity contribution in [1.82, 2.24) is 10.3 Å². The molecule has 2 heterocycles. The number of rotatable bonds is 7. The van der Waals surface area contributed by atoms with Gasteiger partial charge in [-0.15, -0.1) is 0 Å². The highest BCUT2D eigenvalue weighted by molar-refractivity contribution is 5.52. The van der Waals surface area contributed by atoms with E-state index in [4.69, 9.17) is 4.74 Å². The lowest BCUT2D eigenvalue weighted by Gasteiger charge is -2.34. The molecule has 0 bridgehead atoms. The molecule has 1 aromatic heterocycles. The van der Waals surface area contributed by atoms with Gasteiger partial charge in [-0.1, -0.05) is 13.8 Å². The fraction of sp³-hybridized carbons (Fsp3) is 0.688. The van der Waals surface area contributed by atoms with Crippen LogP contribution in [0.5, 0.6) is 5.75 Å². The summed E-state index contributed by atoms with van der Waals surface area (Å²) in [7, 11) is 0. The van der Waals surface area contributed by atoms with Crippen LogP contribution in [0.1, 0.15) is 33.1 Å². The molecule has 0 amide bonds. The number of hydrogen-bond acceptors (Lipinski definition) is 4. The summed E-state index contributed by atoms with van der Waals surface area (Å²) in [6.07, 6.45) is 5.43. The monoisotopic (exact) mass is 277 g/mol. The third-order valence-corrected chi connectivity index (χ3v) is 3.71. The topological polar surface area (TPSA) is 37.4 Å². The van der Waals surface area contributed by atoms with E-state index in [0.29, 0.717) is 5.92 Å². The van der Waals surface area contributed by atoms with Crippen molar-refractivity contribution in [1.29, 1.82) is 0 Å². The first-order valence-electron chi connectivity index (χ1n) is 7.88. The van der Waals surface area contributed by atoms with Crippen LogP contribution in [0.25, 0.3) is 0 Å². The molecule has 1 N–H and O–H groups in total. The Hall–Kier alpha value is -1.29. The highest BCUT2D eigenvalue weighted by Gasteiger charge is 2.22. The van der Waals surface area contributed by atoms with Gasteiger partial charge in [-0.05, 0) is 50.4 Å². The predicted octanol–water partition coefficient (Wildman–Crippen LogP) is 2.70. The summed E-state index contributed by atoms with van der Waals surface area (Å²) in [4.78, 5) is 6.94. The third kappa shape index (κ3) is 4.10. The molecule has 1 fully saturated rings. The summed E-state index contributed by atoms with van der Waals surface area (Å²) in [6, 6.07) is 3.99. The molecule has 1 saturated heterocycles. The molecule has 4 nitrogen and oxygen atoms in total. The minimum Gasteiger partial charge on any atom is -0.490 e. The molecule has 0 saturated carbocycles. The first-order chi connectivity index (χ1) is 9.85. The molecular weight excluding hydrogens is 250 g/mol. The zero-order valence-corrected chi connectivity index (χ0v) is 12.8. The van der Waals surface area contributed by atoms with E-state index < -0.39 is 0 Å². The first-order valence-corrected chi connectivity index (χ1v) is 7.88. The number of hydrogen-bond donors (Lipinski definition) is 1. The molecule has 20 heavy (non-hydrogen) atoms. The van der Waals surface area contributed by atoms with Crippen molar-refractivity contribution in [3.8, 4) is 5.75 Å². The maximum atomic E-state index is 5.84. The van der Waals surface area contributed by atoms with Gasteiger partial charge >= 0.3 is 0 Å². The number of nitrogens with zero attached hydrogens (tertiary/aromatic N) is 2. The van der Waals surface area contributed by atoms with Crippen molar-refractivity contribution < 1.29 is 4.74 Å². The lowest BCUT2D eigenvalue weighted by Crippen LogP contribution is -2.40. The van der Waals surface area contributed by atoms with E-state index in [0.717, 1.165) is 50.8 Å². The second kappa shape index (κ2) is 8.10. The summed E-state index contributed by atoms with van der Waals surface area (Å²) in [5.74, 6) is 2.66. The van der Waals surface area contributed by atoms with Crippen LogP contribution in [0.4, 0.5) is 5.82 Å². The zero-order chi connectivity index (χ0) is 14.2. The van der Waals surface area contributed by atoms with Gasteiger partial charge in [-0.3, -0.25) is 0 Å². The number of ether oxygens (including phenoxy) is 1. The third-order valence-electron chi connectivity index (χ3n) is 3.71. The van der Waals surface area contributed by atoms with Crippen LogP contribution in [0.3, 0.4) is 0 Å². The molecule has 0 radical (unpaired) electrons. The fourth-order valence-electron chi connectivity index (χ4n) is 2.72. The average Bonchev–Trinajstić information content (AvgIpc) is 2.51. The normalized spacial score (nSPS) is 19.1. The summed E-state index contributed by atoms with van der Waals surface area (Å²) in [5, 5.41) is 3.46. The van der Waals surface area contributed by atoms with Crippen molar-refractivity contribution in [2.45, 2.75) is 33.1 Å². The Morgan fingerprint density at radius 2 is 2.35 bits per heavy atom. The molecule has 4 heteroatoms. The van der Waals surface area contributed by atoms with E-state index in [-0.39, 0.29) is 0 Å². The second-order valence-corrected chi connectivity index (χ2v) is 5.44. The molecule has 1 aromatic rings. The Morgan fingerprint density at radius 1 is 1.45 bits per heavy atom. The Morgan fingerprint density at radius 3 is 3.15 bits per heavy atom. The lowest BCUT2D eigenvalue weighted by atomic mass is 9.98. The Labute approximate surface area is 122 Å². The van der Waals surface area contributed by atoms with E-state index in [1.165, 1.54) is 12.8 Å². The highest BCUT2D eigenvalue weighted by Crippen LogP contribution is 2.29. The van der Waals surface area contributed by atoms with Crippen LogP contribution < -0.4 is 15.0 Å². The van der Waals surface area contributed by atoms with Crippen molar-refractivity contribution in [3.05, 3.63) is 18.3 Å². The van der Waals surface area contributed by atoms with Crippen LogP contribution in [-0.4, -0.2) is 37.8 Å². The largest absolute Gasteiger partial charge is 0.490 e. The summed E-state index contributed by atoms with van der Waals surface area (Å²) in [6.45, 7) is 9.36. The van der Waals surface area contributed by atoms with Crippen molar-refractivity contribution in [3.63, 3.8) is 0 Å². The second-order valence-electron chi connectivity index (χ2n) is 5.44. The van der Waals surface area contributed by atoms with Gasteiger partial charge in [-0.25, -0.2) is 4.98 Å². The van der Waals surface area contributed by atoms with Gasteiger partial charge in [0.15, 0.2) is 11.6 Å². The lowest BCUT2D eigenvalue weighted by molar-refractivity contribution is 0.313. The van der Waals surface area contributed by atoms with Crippen LogP contribution in [0, 0.1) is 5.92 Å². The minimum atomic E-state index is 0.713. The minimum absolute atomic E-state index is 0.713. The molecule has 1 unspecified atom stereocenters. The zero-order valence-electron chi connectivity index (χ0n) is 12.8. The highest BCUT2D eigenvalue weighted by atomic mass is 16.5. The Bertz CT molecular complexity index is 397. The summed E-state index contributed by atoms with van der Waals surface area (Å²) >= 11 is 0. The van der Waals surface area contributed by atoms with Crippen LogP contribution in [-0.2, 0) is 0 Å². The van der Waals surface area contributed by atoms with Crippen LogP contribution >= 0.6 is 0 Å². The van der Waals surface area contributed by atoms with E-state index in [2.05, 4.69) is 29.0 Å². The molecule has 112 valence electrons. The van der Waals surface area contributed by atoms with Gasteiger partial charge in [0.05, 0.1) is 6.61 Å². The van der Waals surface area contributed by atoms with E-state index in [1.54, 1.807) is 0 Å². The molecule has 1 aliphatic rings. The van der Waals surface area contributed by atoms with Gasteiger partial charge < -0.3 is 15.0 Å². The maximum absolute atomic E-state index is 5.84.